The molecule has 0 aliphatic carbocycles. The first-order valence-electron chi connectivity index (χ1n) is 9.76. The van der Waals surface area contributed by atoms with E-state index in [0.717, 1.165) is 19.5 Å². The third-order valence-corrected chi connectivity index (χ3v) is 7.88. The van der Waals surface area contributed by atoms with Gasteiger partial charge in [-0.2, -0.15) is 18.3 Å². The number of aromatic nitrogens is 3. The number of alkyl halides is 4. The van der Waals surface area contributed by atoms with E-state index in [-0.39, 0.29) is 25.9 Å². The first-order chi connectivity index (χ1) is 14.7. The third-order valence-electron chi connectivity index (χ3n) is 5.57. The molecule has 176 valence electrons. The number of urea groups is 1. The second kappa shape index (κ2) is 8.34. The highest BCUT2D eigenvalue weighted by atomic mass is 32.2. The molecule has 2 aromatic rings. The van der Waals surface area contributed by atoms with Crippen LogP contribution < -0.4 is 5.32 Å². The summed E-state index contributed by atoms with van der Waals surface area (Å²) >= 11 is 0. The van der Waals surface area contributed by atoms with Crippen molar-refractivity contribution in [1.29, 1.82) is 0 Å². The minimum absolute atomic E-state index is 0.0235. The van der Waals surface area contributed by atoms with E-state index in [0.29, 0.717) is 16.4 Å². The summed E-state index contributed by atoms with van der Waals surface area (Å²) < 4.78 is 80.6. The highest BCUT2D eigenvalue weighted by molar-refractivity contribution is 7.92. The predicted molar refractivity (Wildman–Crippen MR) is 107 cm³/mol. The molecule has 1 fully saturated rings. The number of nitrogens with one attached hydrogen (secondary N) is 1. The van der Waals surface area contributed by atoms with Gasteiger partial charge in [0.1, 0.15) is 0 Å². The minimum Gasteiger partial charge on any atom is -0.325 e. The predicted octanol–water partition coefficient (Wildman–Crippen LogP) is 3.55. The Kier molecular flexibility index (Phi) is 6.24. The molecule has 3 rings (SSSR count). The third kappa shape index (κ3) is 4.57. The van der Waals surface area contributed by atoms with Gasteiger partial charge in [0, 0.05) is 38.3 Å². The number of hydrogen-bond acceptors (Lipinski definition) is 5. The van der Waals surface area contributed by atoms with Crippen molar-refractivity contribution in [1.82, 2.24) is 19.7 Å². The number of anilines is 1. The van der Waals surface area contributed by atoms with Gasteiger partial charge in [-0.05, 0) is 38.3 Å². The number of halogens is 4. The van der Waals surface area contributed by atoms with Crippen LogP contribution in [0.4, 0.5) is 28.0 Å². The van der Waals surface area contributed by atoms with Crippen LogP contribution in [-0.4, -0.2) is 52.2 Å². The number of pyridine rings is 1. The SMILES string of the molecule is Cc1cncc(NC(=O)N2CCC([C@](C)(F)S(=O)(=O)c3cc(C(F)(F)F)nn3C)CC2)c1. The molecule has 1 N–H and O–H groups in total. The van der Waals surface area contributed by atoms with Crippen molar-refractivity contribution in [2.45, 2.75) is 42.9 Å². The Morgan fingerprint density at radius 2 is 1.78 bits per heavy atom. The number of aryl methyl sites for hydroxylation is 2. The zero-order valence-corrected chi connectivity index (χ0v) is 18.5. The number of sulfone groups is 1. The van der Waals surface area contributed by atoms with Gasteiger partial charge < -0.3 is 10.2 Å². The molecule has 1 saturated heterocycles. The van der Waals surface area contributed by atoms with Gasteiger partial charge in [0.25, 0.3) is 0 Å². The van der Waals surface area contributed by atoms with Gasteiger partial charge >= 0.3 is 12.2 Å². The summed E-state index contributed by atoms with van der Waals surface area (Å²) in [6, 6.07) is 1.64. The number of likely N-dealkylation sites (tertiary alicyclic amines) is 1. The molecule has 2 aromatic heterocycles. The van der Waals surface area contributed by atoms with Crippen LogP contribution in [0.2, 0.25) is 0 Å². The first kappa shape index (κ1) is 24.0. The van der Waals surface area contributed by atoms with E-state index in [1.807, 2.05) is 6.92 Å². The van der Waals surface area contributed by atoms with E-state index < -0.39 is 43.7 Å². The van der Waals surface area contributed by atoms with Crippen LogP contribution in [0.25, 0.3) is 0 Å². The number of carbonyl (C=O) groups is 1. The average Bonchev–Trinajstić information content (AvgIpc) is 3.11. The van der Waals surface area contributed by atoms with Crippen molar-refractivity contribution in [2.75, 3.05) is 18.4 Å². The van der Waals surface area contributed by atoms with E-state index in [4.69, 9.17) is 0 Å². The molecule has 8 nitrogen and oxygen atoms in total. The van der Waals surface area contributed by atoms with Crippen LogP contribution in [0.15, 0.2) is 29.6 Å². The van der Waals surface area contributed by atoms with Crippen LogP contribution in [0.5, 0.6) is 0 Å². The largest absolute Gasteiger partial charge is 0.435 e. The van der Waals surface area contributed by atoms with Crippen LogP contribution in [-0.2, 0) is 23.1 Å². The summed E-state index contributed by atoms with van der Waals surface area (Å²) in [5, 5.41) is 2.16. The van der Waals surface area contributed by atoms with Gasteiger partial charge in [-0.15, -0.1) is 0 Å². The summed E-state index contributed by atoms with van der Waals surface area (Å²) in [6.45, 7) is 2.84. The Morgan fingerprint density at radius 1 is 1.16 bits per heavy atom. The lowest BCUT2D eigenvalue weighted by Crippen LogP contribution is -2.48. The molecule has 0 radical (unpaired) electrons. The molecular weight excluding hydrogens is 454 g/mol. The van der Waals surface area contributed by atoms with Gasteiger partial charge in [0.2, 0.25) is 14.8 Å². The number of amides is 2. The summed E-state index contributed by atoms with van der Waals surface area (Å²) in [7, 11) is -3.77. The lowest BCUT2D eigenvalue weighted by molar-refractivity contribution is -0.141. The summed E-state index contributed by atoms with van der Waals surface area (Å²) in [5.41, 5.74) is -0.0676. The molecule has 1 atom stereocenters. The monoisotopic (exact) mass is 477 g/mol. The number of nitrogens with zero attached hydrogens (tertiary/aromatic N) is 4. The number of rotatable bonds is 4. The number of hydrogen-bond donors (Lipinski definition) is 1. The molecule has 0 saturated carbocycles. The zero-order chi connectivity index (χ0) is 23.9. The number of carbonyl (C=O) groups excluding carboxylic acids is 1. The fourth-order valence-electron chi connectivity index (χ4n) is 3.69. The normalized spacial score (nSPS) is 17.8. The van der Waals surface area contributed by atoms with Crippen molar-refractivity contribution in [2.24, 2.45) is 13.0 Å². The average molecular weight is 477 g/mol. The fraction of sp³-hybridized carbons (Fsp3) is 0.526. The summed E-state index contributed by atoms with van der Waals surface area (Å²) in [5.74, 6) is -1.01. The van der Waals surface area contributed by atoms with Gasteiger partial charge in [-0.1, -0.05) is 0 Å². The van der Waals surface area contributed by atoms with Crippen LogP contribution >= 0.6 is 0 Å². The van der Waals surface area contributed by atoms with Crippen molar-refractivity contribution >= 4 is 21.6 Å². The Balaban J connectivity index is 1.71. The lowest BCUT2D eigenvalue weighted by Gasteiger charge is -2.37. The van der Waals surface area contributed by atoms with E-state index >= 15 is 4.39 Å². The summed E-state index contributed by atoms with van der Waals surface area (Å²) in [6.07, 6.45) is -1.70. The highest BCUT2D eigenvalue weighted by Gasteiger charge is 2.50. The van der Waals surface area contributed by atoms with Crippen LogP contribution in [0.3, 0.4) is 0 Å². The van der Waals surface area contributed by atoms with E-state index in [2.05, 4.69) is 15.4 Å². The van der Waals surface area contributed by atoms with Crippen molar-refractivity contribution in [3.63, 3.8) is 0 Å². The topological polar surface area (TPSA) is 97.2 Å². The Bertz CT molecular complexity index is 1110. The Morgan fingerprint density at radius 3 is 2.31 bits per heavy atom. The van der Waals surface area contributed by atoms with Gasteiger partial charge in [0.15, 0.2) is 10.7 Å². The Hall–Kier alpha value is -2.70. The quantitative estimate of drug-likeness (QED) is 0.680. The second-order valence-electron chi connectivity index (χ2n) is 7.92. The van der Waals surface area contributed by atoms with Crippen LogP contribution in [0.1, 0.15) is 31.0 Å². The van der Waals surface area contributed by atoms with Gasteiger partial charge in [-0.25, -0.2) is 17.6 Å². The first-order valence-corrected chi connectivity index (χ1v) is 11.2. The maximum atomic E-state index is 15.6. The molecular formula is C19H23F4N5O3S. The minimum atomic E-state index is -4.86. The summed E-state index contributed by atoms with van der Waals surface area (Å²) in [4.78, 5) is 17.9. The molecule has 1 aliphatic heterocycles. The zero-order valence-electron chi connectivity index (χ0n) is 17.6. The van der Waals surface area contributed by atoms with Crippen molar-refractivity contribution in [3.05, 3.63) is 35.8 Å². The molecule has 32 heavy (non-hydrogen) atoms. The fourth-order valence-corrected chi connectivity index (χ4v) is 5.43. The smallest absolute Gasteiger partial charge is 0.325 e. The van der Waals surface area contributed by atoms with E-state index in [9.17, 15) is 26.4 Å². The van der Waals surface area contributed by atoms with E-state index in [1.165, 1.54) is 11.1 Å². The maximum Gasteiger partial charge on any atom is 0.435 e. The standard InChI is InChI=1S/C19H23F4N5O3S/c1-12-8-14(11-24-10-12)25-17(29)28-6-4-13(5-7-28)18(2,20)32(30,31)16-9-15(19(21,22)23)26-27(16)3/h8-11,13H,4-7H2,1-3H3,(H,25,29)/t18-/m1/s1. The lowest BCUT2D eigenvalue weighted by atomic mass is 9.92. The van der Waals surface area contributed by atoms with Crippen molar-refractivity contribution in [3.8, 4) is 0 Å². The molecule has 1 aliphatic rings. The highest BCUT2D eigenvalue weighted by Crippen LogP contribution is 2.40. The molecule has 13 heteroatoms. The van der Waals surface area contributed by atoms with Crippen LogP contribution in [0, 0.1) is 12.8 Å². The molecule has 2 amide bonds. The molecule has 0 unspecified atom stereocenters. The molecule has 0 aromatic carbocycles. The second-order valence-corrected chi connectivity index (χ2v) is 10.1. The van der Waals surface area contributed by atoms with Gasteiger partial charge in [0.05, 0.1) is 11.9 Å². The molecule has 3 heterocycles. The van der Waals surface area contributed by atoms with Crippen molar-refractivity contribution < 1.29 is 30.8 Å². The van der Waals surface area contributed by atoms with Gasteiger partial charge in [-0.3, -0.25) is 9.67 Å². The van der Waals surface area contributed by atoms with E-state index in [1.54, 1.807) is 12.3 Å². The maximum absolute atomic E-state index is 15.6. The molecule has 0 spiro atoms. The Labute approximate surface area is 182 Å². The molecule has 0 bridgehead atoms. The number of piperidine rings is 1.